The largest absolute Gasteiger partial charge is 0.353 e. The number of rotatable bonds is 3. The summed E-state index contributed by atoms with van der Waals surface area (Å²) in [7, 11) is 0. The van der Waals surface area contributed by atoms with Crippen LogP contribution in [0.4, 0.5) is 5.95 Å². The van der Waals surface area contributed by atoms with Crippen molar-refractivity contribution >= 4 is 33.5 Å². The molecule has 1 N–H and O–H groups in total. The van der Waals surface area contributed by atoms with Crippen molar-refractivity contribution in [3.8, 4) is 5.69 Å². The van der Waals surface area contributed by atoms with E-state index >= 15 is 0 Å². The summed E-state index contributed by atoms with van der Waals surface area (Å²) < 4.78 is 2.95. The van der Waals surface area contributed by atoms with E-state index < -0.39 is 0 Å². The zero-order chi connectivity index (χ0) is 11.8. The molecule has 1 saturated carbocycles. The van der Waals surface area contributed by atoms with E-state index in [4.69, 9.17) is 11.6 Å². The van der Waals surface area contributed by atoms with Gasteiger partial charge in [-0.3, -0.25) is 4.57 Å². The van der Waals surface area contributed by atoms with Crippen LogP contribution in [0.2, 0.25) is 5.02 Å². The molecule has 1 aromatic carbocycles. The molecule has 5 heteroatoms. The minimum Gasteiger partial charge on any atom is -0.353 e. The van der Waals surface area contributed by atoms with E-state index in [9.17, 15) is 0 Å². The fraction of sp³-hybridized carbons (Fsp3) is 0.250. The van der Waals surface area contributed by atoms with Gasteiger partial charge >= 0.3 is 0 Å². The Hall–Kier alpha value is -1.00. The van der Waals surface area contributed by atoms with E-state index in [2.05, 4.69) is 26.2 Å². The van der Waals surface area contributed by atoms with Crippen LogP contribution in [-0.4, -0.2) is 15.6 Å². The Morgan fingerprint density at radius 3 is 2.94 bits per heavy atom. The first-order valence-electron chi connectivity index (χ1n) is 5.49. The minimum absolute atomic E-state index is 0.574. The summed E-state index contributed by atoms with van der Waals surface area (Å²) in [5.74, 6) is 0.858. The number of halogens is 2. The molecule has 0 radical (unpaired) electrons. The number of aromatic nitrogens is 2. The van der Waals surface area contributed by atoms with Crippen molar-refractivity contribution in [2.24, 2.45) is 0 Å². The Bertz CT molecular complexity index is 548. The van der Waals surface area contributed by atoms with Gasteiger partial charge in [-0.05, 0) is 31.0 Å². The molecule has 88 valence electrons. The summed E-state index contributed by atoms with van der Waals surface area (Å²) >= 11 is 9.64. The number of hydrogen-bond acceptors (Lipinski definition) is 2. The topological polar surface area (TPSA) is 29.9 Å². The molecule has 0 spiro atoms. The van der Waals surface area contributed by atoms with Crippen LogP contribution in [0.1, 0.15) is 12.8 Å². The zero-order valence-electron chi connectivity index (χ0n) is 9.03. The highest BCUT2D eigenvalue weighted by Crippen LogP contribution is 2.29. The fourth-order valence-electron chi connectivity index (χ4n) is 1.69. The maximum Gasteiger partial charge on any atom is 0.207 e. The first-order valence-corrected chi connectivity index (χ1v) is 6.66. The number of nitrogens with one attached hydrogen (secondary N) is 1. The van der Waals surface area contributed by atoms with Gasteiger partial charge in [-0.25, -0.2) is 4.98 Å². The molecule has 3 rings (SSSR count). The van der Waals surface area contributed by atoms with E-state index in [0.717, 1.165) is 16.1 Å². The van der Waals surface area contributed by atoms with Crippen LogP contribution in [0.3, 0.4) is 0 Å². The second-order valence-electron chi connectivity index (χ2n) is 4.14. The molecule has 0 atom stereocenters. The van der Waals surface area contributed by atoms with Crippen molar-refractivity contribution in [3.63, 3.8) is 0 Å². The predicted octanol–water partition coefficient (Wildman–Crippen LogP) is 3.86. The Morgan fingerprint density at radius 2 is 2.24 bits per heavy atom. The molecule has 3 nitrogen and oxygen atoms in total. The molecule has 1 aromatic heterocycles. The van der Waals surface area contributed by atoms with E-state index in [1.165, 1.54) is 12.8 Å². The summed E-state index contributed by atoms with van der Waals surface area (Å²) in [6, 6.07) is 6.41. The molecule has 2 aromatic rings. The van der Waals surface area contributed by atoms with Gasteiger partial charge in [0, 0.05) is 22.9 Å². The highest BCUT2D eigenvalue weighted by molar-refractivity contribution is 9.10. The Kier molecular flexibility index (Phi) is 2.84. The normalized spacial score (nSPS) is 14.9. The number of imidazole rings is 1. The predicted molar refractivity (Wildman–Crippen MR) is 72.9 cm³/mol. The van der Waals surface area contributed by atoms with Crippen molar-refractivity contribution in [3.05, 3.63) is 40.1 Å². The van der Waals surface area contributed by atoms with Crippen LogP contribution in [0, 0.1) is 0 Å². The maximum atomic E-state index is 6.24. The van der Waals surface area contributed by atoms with Gasteiger partial charge in [-0.1, -0.05) is 27.5 Å². The monoisotopic (exact) mass is 311 g/mol. The molecular weight excluding hydrogens is 302 g/mol. The molecule has 1 heterocycles. The van der Waals surface area contributed by atoms with Gasteiger partial charge < -0.3 is 5.32 Å². The van der Waals surface area contributed by atoms with Crippen LogP contribution >= 0.6 is 27.5 Å². The van der Waals surface area contributed by atoms with Gasteiger partial charge in [0.2, 0.25) is 5.95 Å². The first kappa shape index (κ1) is 11.1. The average molecular weight is 313 g/mol. The summed E-state index contributed by atoms with van der Waals surface area (Å²) in [6.07, 6.45) is 6.14. The summed E-state index contributed by atoms with van der Waals surface area (Å²) in [5, 5.41) is 4.09. The molecule has 0 unspecified atom stereocenters. The zero-order valence-corrected chi connectivity index (χ0v) is 11.4. The number of benzene rings is 1. The van der Waals surface area contributed by atoms with E-state index in [1.54, 1.807) is 6.20 Å². The van der Waals surface area contributed by atoms with E-state index in [-0.39, 0.29) is 0 Å². The highest BCUT2D eigenvalue weighted by atomic mass is 79.9. The van der Waals surface area contributed by atoms with Crippen LogP contribution in [0.5, 0.6) is 0 Å². The molecule has 1 aliphatic rings. The molecular formula is C12H11BrClN3. The third-order valence-electron chi connectivity index (χ3n) is 2.72. The lowest BCUT2D eigenvalue weighted by Crippen LogP contribution is -2.07. The van der Waals surface area contributed by atoms with Gasteiger partial charge in [0.25, 0.3) is 0 Å². The van der Waals surface area contributed by atoms with Crippen molar-refractivity contribution in [2.45, 2.75) is 18.9 Å². The van der Waals surface area contributed by atoms with Crippen LogP contribution in [0.25, 0.3) is 5.69 Å². The summed E-state index contributed by atoms with van der Waals surface area (Å²) in [4.78, 5) is 4.32. The van der Waals surface area contributed by atoms with Crippen molar-refractivity contribution in [1.82, 2.24) is 9.55 Å². The number of anilines is 1. The summed E-state index contributed by atoms with van der Waals surface area (Å²) in [5.41, 5.74) is 0.940. The van der Waals surface area contributed by atoms with Crippen LogP contribution in [0.15, 0.2) is 35.1 Å². The Balaban J connectivity index is 1.99. The quantitative estimate of drug-likeness (QED) is 0.932. The Labute approximate surface area is 113 Å². The fourth-order valence-corrected chi connectivity index (χ4v) is 2.46. The lowest BCUT2D eigenvalue weighted by molar-refractivity contribution is 1.00. The lowest BCUT2D eigenvalue weighted by Gasteiger charge is -2.10. The van der Waals surface area contributed by atoms with Crippen molar-refractivity contribution in [1.29, 1.82) is 0 Å². The first-order chi connectivity index (χ1) is 8.24. The van der Waals surface area contributed by atoms with Gasteiger partial charge in [-0.2, -0.15) is 0 Å². The Morgan fingerprint density at radius 1 is 1.41 bits per heavy atom. The smallest absolute Gasteiger partial charge is 0.207 e. The summed E-state index contributed by atoms with van der Waals surface area (Å²) in [6.45, 7) is 0. The van der Waals surface area contributed by atoms with E-state index in [0.29, 0.717) is 11.1 Å². The van der Waals surface area contributed by atoms with Gasteiger partial charge in [-0.15, -0.1) is 0 Å². The molecule has 0 bridgehead atoms. The van der Waals surface area contributed by atoms with Gasteiger partial charge in [0.15, 0.2) is 0 Å². The van der Waals surface area contributed by atoms with Gasteiger partial charge in [0.05, 0.1) is 10.7 Å². The molecule has 0 amide bonds. The van der Waals surface area contributed by atoms with Gasteiger partial charge in [0.1, 0.15) is 0 Å². The molecule has 1 fully saturated rings. The molecule has 1 aliphatic carbocycles. The third-order valence-corrected chi connectivity index (χ3v) is 3.52. The maximum absolute atomic E-state index is 6.24. The third kappa shape index (κ3) is 2.33. The van der Waals surface area contributed by atoms with Crippen LogP contribution in [-0.2, 0) is 0 Å². The molecule has 17 heavy (non-hydrogen) atoms. The van der Waals surface area contributed by atoms with Crippen LogP contribution < -0.4 is 5.32 Å². The number of hydrogen-bond donors (Lipinski definition) is 1. The second-order valence-corrected chi connectivity index (χ2v) is 5.46. The standard InChI is InChI=1S/C12H11BrClN3/c13-8-1-4-11(10(14)7-8)17-6-5-15-12(17)16-9-2-3-9/h1,4-7,9H,2-3H2,(H,15,16). The highest BCUT2D eigenvalue weighted by Gasteiger charge is 2.23. The minimum atomic E-state index is 0.574. The lowest BCUT2D eigenvalue weighted by atomic mass is 10.3. The van der Waals surface area contributed by atoms with E-state index in [1.807, 2.05) is 29.0 Å². The average Bonchev–Trinajstić information content (AvgIpc) is 2.97. The molecule has 0 aliphatic heterocycles. The molecule has 0 saturated heterocycles. The SMILES string of the molecule is Clc1cc(Br)ccc1-n1ccnc1NC1CC1. The van der Waals surface area contributed by atoms with Crippen molar-refractivity contribution in [2.75, 3.05) is 5.32 Å². The second kappa shape index (κ2) is 4.35. The number of nitrogens with zero attached hydrogens (tertiary/aromatic N) is 2. The van der Waals surface area contributed by atoms with Crippen molar-refractivity contribution < 1.29 is 0 Å².